The van der Waals surface area contributed by atoms with E-state index in [2.05, 4.69) is 0 Å². The fourth-order valence-corrected chi connectivity index (χ4v) is 3.02. The van der Waals surface area contributed by atoms with Crippen LogP contribution in [0.1, 0.15) is 24.8 Å². The van der Waals surface area contributed by atoms with E-state index in [0.29, 0.717) is 6.61 Å². The Morgan fingerprint density at radius 1 is 1.50 bits per heavy atom. The van der Waals surface area contributed by atoms with Gasteiger partial charge in [0.25, 0.3) is 0 Å². The summed E-state index contributed by atoms with van der Waals surface area (Å²) in [6, 6.07) is 3.90. The van der Waals surface area contributed by atoms with Gasteiger partial charge in [0.1, 0.15) is 18.8 Å². The minimum atomic E-state index is -0.957. The summed E-state index contributed by atoms with van der Waals surface area (Å²) < 4.78 is 16.9. The quantitative estimate of drug-likeness (QED) is 0.813. The Morgan fingerprint density at radius 2 is 2.31 bits per heavy atom. The predicted molar refractivity (Wildman–Crippen MR) is 58.0 cm³/mol. The number of fused-ring (bicyclic) bond motifs is 2. The van der Waals surface area contributed by atoms with Crippen LogP contribution in [0.5, 0.6) is 0 Å². The summed E-state index contributed by atoms with van der Waals surface area (Å²) in [4.78, 5) is 0.999. The van der Waals surface area contributed by atoms with Crippen LogP contribution in [0, 0.1) is 0 Å². The number of thiophene rings is 1. The first kappa shape index (κ1) is 10.7. The van der Waals surface area contributed by atoms with Crippen LogP contribution in [0.2, 0.25) is 0 Å². The second-order valence-electron chi connectivity index (χ2n) is 4.54. The molecule has 88 valence electrons. The topological polar surface area (TPSA) is 47.9 Å². The van der Waals surface area contributed by atoms with Crippen molar-refractivity contribution >= 4 is 11.3 Å². The van der Waals surface area contributed by atoms with Gasteiger partial charge in [-0.3, -0.25) is 0 Å². The molecule has 1 aromatic rings. The highest BCUT2D eigenvalue weighted by atomic mass is 32.1. The number of rotatable bonds is 1. The van der Waals surface area contributed by atoms with Crippen molar-refractivity contribution in [3.63, 3.8) is 0 Å². The third kappa shape index (κ3) is 1.43. The molecule has 0 radical (unpaired) electrons. The first-order valence-electron chi connectivity index (χ1n) is 5.26. The van der Waals surface area contributed by atoms with Gasteiger partial charge in [0, 0.05) is 4.88 Å². The van der Waals surface area contributed by atoms with Crippen molar-refractivity contribution in [1.29, 1.82) is 0 Å². The zero-order chi connectivity index (χ0) is 11.4. The zero-order valence-electron chi connectivity index (χ0n) is 9.17. The lowest BCUT2D eigenvalue weighted by atomic mass is 10.0. The molecule has 0 amide bonds. The molecule has 4 nitrogen and oxygen atoms in total. The molecule has 2 saturated heterocycles. The predicted octanol–water partition coefficient (Wildman–Crippen LogP) is 1.66. The molecule has 16 heavy (non-hydrogen) atoms. The third-order valence-corrected chi connectivity index (χ3v) is 4.00. The number of hydrogen-bond acceptors (Lipinski definition) is 5. The second kappa shape index (κ2) is 3.27. The van der Waals surface area contributed by atoms with Crippen molar-refractivity contribution in [2.24, 2.45) is 0 Å². The Kier molecular flexibility index (Phi) is 2.18. The van der Waals surface area contributed by atoms with Crippen molar-refractivity contribution in [3.05, 3.63) is 22.4 Å². The summed E-state index contributed by atoms with van der Waals surface area (Å²) in [6.45, 7) is 3.94. The maximum Gasteiger partial charge on any atom is 0.198 e. The number of hydrogen-bond donors (Lipinski definition) is 1. The van der Waals surface area contributed by atoms with Gasteiger partial charge in [-0.25, -0.2) is 0 Å². The summed E-state index contributed by atoms with van der Waals surface area (Å²) in [5, 5.41) is 12.2. The van der Waals surface area contributed by atoms with Gasteiger partial charge in [-0.05, 0) is 25.3 Å². The standard InChI is InChI=1S/C11H14O4S/c1-10-6-13-11(2,15-10)9(12)8(14-10)7-4-3-5-16-7/h3-5,8-9,12H,6H2,1-2H3/t8-,9-,10+,11+/m1/s1. The lowest BCUT2D eigenvalue weighted by Gasteiger charge is -2.41. The lowest BCUT2D eigenvalue weighted by molar-refractivity contribution is -0.359. The van der Waals surface area contributed by atoms with Gasteiger partial charge in [0.05, 0.1) is 0 Å². The van der Waals surface area contributed by atoms with Gasteiger partial charge in [0.2, 0.25) is 0 Å². The fraction of sp³-hybridized carbons (Fsp3) is 0.636. The van der Waals surface area contributed by atoms with Crippen LogP contribution in [0.3, 0.4) is 0 Å². The number of ether oxygens (including phenoxy) is 3. The molecule has 1 aromatic heterocycles. The van der Waals surface area contributed by atoms with Crippen LogP contribution < -0.4 is 0 Å². The van der Waals surface area contributed by atoms with Crippen molar-refractivity contribution < 1.29 is 19.3 Å². The minimum absolute atomic E-state index is 0.350. The van der Waals surface area contributed by atoms with Gasteiger partial charge in [-0.2, -0.15) is 0 Å². The van der Waals surface area contributed by atoms with E-state index in [1.165, 1.54) is 0 Å². The maximum atomic E-state index is 10.2. The molecule has 2 bridgehead atoms. The van der Waals surface area contributed by atoms with Gasteiger partial charge < -0.3 is 19.3 Å². The largest absolute Gasteiger partial charge is 0.384 e. The molecule has 0 aromatic carbocycles. The summed E-state index contributed by atoms with van der Waals surface area (Å²) in [5.74, 6) is -1.70. The van der Waals surface area contributed by atoms with E-state index < -0.39 is 17.7 Å². The van der Waals surface area contributed by atoms with E-state index in [0.717, 1.165) is 4.88 Å². The molecule has 0 saturated carbocycles. The van der Waals surface area contributed by atoms with E-state index in [4.69, 9.17) is 14.2 Å². The monoisotopic (exact) mass is 242 g/mol. The third-order valence-electron chi connectivity index (χ3n) is 3.06. The summed E-state index contributed by atoms with van der Waals surface area (Å²) in [7, 11) is 0. The van der Waals surface area contributed by atoms with Gasteiger partial charge >= 0.3 is 0 Å². The molecule has 3 heterocycles. The molecule has 3 rings (SSSR count). The van der Waals surface area contributed by atoms with Crippen molar-refractivity contribution in [2.75, 3.05) is 6.61 Å². The van der Waals surface area contributed by atoms with Crippen molar-refractivity contribution in [1.82, 2.24) is 0 Å². The minimum Gasteiger partial charge on any atom is -0.384 e. The average Bonchev–Trinajstić information content (AvgIpc) is 2.81. The van der Waals surface area contributed by atoms with Gasteiger partial charge in [-0.1, -0.05) is 6.07 Å². The molecule has 2 aliphatic heterocycles. The number of aliphatic hydroxyl groups excluding tert-OH is 1. The fourth-order valence-electron chi connectivity index (χ4n) is 2.24. The second-order valence-corrected chi connectivity index (χ2v) is 5.52. The lowest BCUT2D eigenvalue weighted by Crippen LogP contribution is -2.52. The first-order chi connectivity index (χ1) is 7.53. The molecule has 4 atom stereocenters. The Morgan fingerprint density at radius 3 is 3.00 bits per heavy atom. The molecule has 0 aliphatic carbocycles. The maximum absolute atomic E-state index is 10.2. The highest BCUT2D eigenvalue weighted by Gasteiger charge is 2.59. The van der Waals surface area contributed by atoms with Crippen molar-refractivity contribution in [2.45, 2.75) is 37.6 Å². The van der Waals surface area contributed by atoms with E-state index >= 15 is 0 Å². The van der Waals surface area contributed by atoms with Crippen LogP contribution in [0.25, 0.3) is 0 Å². The molecule has 2 aliphatic rings. The first-order valence-corrected chi connectivity index (χ1v) is 6.14. The molecule has 5 heteroatoms. The van der Waals surface area contributed by atoms with Gasteiger partial charge in [0.15, 0.2) is 11.6 Å². The highest BCUT2D eigenvalue weighted by molar-refractivity contribution is 7.10. The highest BCUT2D eigenvalue weighted by Crippen LogP contribution is 2.47. The molecule has 1 N–H and O–H groups in total. The summed E-state index contributed by atoms with van der Waals surface area (Å²) >= 11 is 1.57. The van der Waals surface area contributed by atoms with Crippen LogP contribution in [0.15, 0.2) is 17.5 Å². The SMILES string of the molecule is C[C@@]12CO[C@@](C)(O1)[C@H](O)[C@@H](c1cccs1)O2. The molecule has 2 fully saturated rings. The van der Waals surface area contributed by atoms with E-state index in [1.54, 1.807) is 18.3 Å². The van der Waals surface area contributed by atoms with Crippen LogP contribution in [-0.4, -0.2) is 29.4 Å². The van der Waals surface area contributed by atoms with Gasteiger partial charge in [-0.15, -0.1) is 11.3 Å². The Bertz CT molecular complexity index is 393. The molecule has 0 unspecified atom stereocenters. The van der Waals surface area contributed by atoms with Crippen LogP contribution in [0.4, 0.5) is 0 Å². The summed E-state index contributed by atoms with van der Waals surface area (Å²) in [5.41, 5.74) is 0. The molecular formula is C11H14O4S. The van der Waals surface area contributed by atoms with Crippen LogP contribution in [-0.2, 0) is 14.2 Å². The van der Waals surface area contributed by atoms with Crippen LogP contribution >= 0.6 is 11.3 Å². The van der Waals surface area contributed by atoms with E-state index in [1.807, 2.05) is 24.4 Å². The molecular weight excluding hydrogens is 228 g/mol. The smallest absolute Gasteiger partial charge is 0.198 e. The van der Waals surface area contributed by atoms with E-state index in [9.17, 15) is 5.11 Å². The normalized spacial score (nSPS) is 47.2. The van der Waals surface area contributed by atoms with Crippen molar-refractivity contribution in [3.8, 4) is 0 Å². The Hall–Kier alpha value is -0.460. The summed E-state index contributed by atoms with van der Waals surface area (Å²) in [6.07, 6.45) is -1.17. The Balaban J connectivity index is 1.97. The number of aliphatic hydroxyl groups is 1. The molecule has 0 spiro atoms. The van der Waals surface area contributed by atoms with E-state index in [-0.39, 0.29) is 6.10 Å². The zero-order valence-corrected chi connectivity index (χ0v) is 9.99. The average molecular weight is 242 g/mol. The Labute approximate surface area is 97.7 Å².